The van der Waals surface area contributed by atoms with Crippen LogP contribution in [0.2, 0.25) is 15.1 Å². The summed E-state index contributed by atoms with van der Waals surface area (Å²) in [6, 6.07) is 12.0. The van der Waals surface area contributed by atoms with Crippen molar-refractivity contribution in [3.8, 4) is 0 Å². The van der Waals surface area contributed by atoms with Gasteiger partial charge in [-0.05, 0) is 35.6 Å². The summed E-state index contributed by atoms with van der Waals surface area (Å²) in [5.74, 6) is 0.803. The molecule has 1 nitrogen and oxygen atoms in total. The maximum Gasteiger partial charge on any atom is 0.0645 e. The third-order valence-corrected chi connectivity index (χ3v) is 5.81. The fraction of sp³-hybridized carbons (Fsp3) is 0.222. The van der Waals surface area contributed by atoms with Crippen molar-refractivity contribution in [2.75, 3.05) is 5.32 Å². The van der Waals surface area contributed by atoms with Crippen molar-refractivity contribution in [1.82, 2.24) is 0 Å². The van der Waals surface area contributed by atoms with Gasteiger partial charge in [0.1, 0.15) is 0 Å². The van der Waals surface area contributed by atoms with E-state index in [0.29, 0.717) is 21.9 Å². The molecule has 0 fully saturated rings. The van der Waals surface area contributed by atoms with Crippen LogP contribution in [-0.2, 0) is 0 Å². The van der Waals surface area contributed by atoms with E-state index in [2.05, 4.69) is 23.5 Å². The minimum Gasteiger partial charge on any atom is -0.376 e. The lowest BCUT2D eigenvalue weighted by molar-refractivity contribution is 0.426. The van der Waals surface area contributed by atoms with Gasteiger partial charge < -0.3 is 5.32 Å². The maximum absolute atomic E-state index is 6.46. The van der Waals surface area contributed by atoms with Gasteiger partial charge in [-0.3, -0.25) is 0 Å². The van der Waals surface area contributed by atoms with Gasteiger partial charge in [0.25, 0.3) is 0 Å². The molecule has 0 unspecified atom stereocenters. The lowest BCUT2D eigenvalue weighted by atomic mass is 9.77. The van der Waals surface area contributed by atoms with E-state index in [0.717, 1.165) is 22.7 Å². The molecule has 0 saturated heterocycles. The Labute approximate surface area is 144 Å². The number of benzene rings is 2. The van der Waals surface area contributed by atoms with Crippen molar-refractivity contribution < 1.29 is 0 Å². The van der Waals surface area contributed by atoms with Gasteiger partial charge in [0.05, 0.1) is 26.8 Å². The van der Waals surface area contributed by atoms with Crippen LogP contribution in [0.3, 0.4) is 0 Å². The molecule has 0 radical (unpaired) electrons. The Kier molecular flexibility index (Phi) is 3.60. The third-order valence-electron chi connectivity index (χ3n) is 4.66. The Balaban J connectivity index is 1.86. The van der Waals surface area contributed by atoms with Gasteiger partial charge in [-0.15, -0.1) is 0 Å². The van der Waals surface area contributed by atoms with Crippen LogP contribution in [0, 0.1) is 5.92 Å². The molecule has 1 aliphatic carbocycles. The van der Waals surface area contributed by atoms with Crippen LogP contribution in [0.25, 0.3) is 0 Å². The first-order valence-electron chi connectivity index (χ1n) is 7.32. The average molecular weight is 351 g/mol. The summed E-state index contributed by atoms with van der Waals surface area (Å²) in [6.45, 7) is 0. The first-order valence-corrected chi connectivity index (χ1v) is 8.45. The second-order valence-electron chi connectivity index (χ2n) is 5.82. The van der Waals surface area contributed by atoms with Crippen LogP contribution in [-0.4, -0.2) is 0 Å². The van der Waals surface area contributed by atoms with Crippen LogP contribution >= 0.6 is 34.8 Å². The van der Waals surface area contributed by atoms with E-state index in [1.165, 1.54) is 5.56 Å². The second kappa shape index (κ2) is 5.49. The average Bonchev–Trinajstić information content (AvgIpc) is 3.00. The molecule has 1 N–H and O–H groups in total. The van der Waals surface area contributed by atoms with E-state index in [1.807, 2.05) is 30.3 Å². The molecule has 0 spiro atoms. The minimum absolute atomic E-state index is 0.110. The normalized spacial score (nSPS) is 25.5. The number of nitrogens with one attached hydrogen (secondary N) is 1. The van der Waals surface area contributed by atoms with E-state index >= 15 is 0 Å². The Hall–Kier alpha value is -1.15. The lowest BCUT2D eigenvalue weighted by Gasteiger charge is -2.38. The summed E-state index contributed by atoms with van der Waals surface area (Å²) in [5.41, 5.74) is 3.32. The van der Waals surface area contributed by atoms with Crippen LogP contribution in [0.1, 0.15) is 29.5 Å². The molecule has 112 valence electrons. The molecule has 2 aliphatic rings. The van der Waals surface area contributed by atoms with E-state index in [1.54, 1.807) is 0 Å². The Morgan fingerprint density at radius 2 is 1.64 bits per heavy atom. The Morgan fingerprint density at radius 3 is 2.45 bits per heavy atom. The topological polar surface area (TPSA) is 12.0 Å². The highest BCUT2D eigenvalue weighted by atomic mass is 35.5. The number of allylic oxidation sites excluding steroid dienone is 2. The minimum atomic E-state index is 0.110. The van der Waals surface area contributed by atoms with Gasteiger partial charge in [0.15, 0.2) is 0 Å². The van der Waals surface area contributed by atoms with Crippen LogP contribution in [0.4, 0.5) is 5.69 Å². The van der Waals surface area contributed by atoms with Gasteiger partial charge in [0, 0.05) is 5.92 Å². The van der Waals surface area contributed by atoms with Crippen LogP contribution in [0.15, 0.2) is 48.6 Å². The molecular formula is C18H14Cl3N. The first kappa shape index (κ1) is 14.4. The molecule has 0 aromatic heterocycles. The van der Waals surface area contributed by atoms with Crippen molar-refractivity contribution in [1.29, 1.82) is 0 Å². The van der Waals surface area contributed by atoms with E-state index in [9.17, 15) is 0 Å². The molecule has 1 aliphatic heterocycles. The van der Waals surface area contributed by atoms with Gasteiger partial charge in [-0.1, -0.05) is 71.2 Å². The molecule has 4 heteroatoms. The zero-order valence-electron chi connectivity index (χ0n) is 11.7. The number of anilines is 1. The third kappa shape index (κ3) is 2.15. The molecule has 1 heterocycles. The van der Waals surface area contributed by atoms with Crippen molar-refractivity contribution in [3.63, 3.8) is 0 Å². The predicted octanol–water partition coefficient (Wildman–Crippen LogP) is 6.47. The molecule has 2 aromatic rings. The largest absolute Gasteiger partial charge is 0.376 e. The number of hydrogen-bond acceptors (Lipinski definition) is 1. The summed E-state index contributed by atoms with van der Waals surface area (Å²) >= 11 is 19.1. The van der Waals surface area contributed by atoms with E-state index in [4.69, 9.17) is 34.8 Å². The fourth-order valence-corrected chi connectivity index (χ4v) is 4.31. The fourth-order valence-electron chi connectivity index (χ4n) is 3.65. The highest BCUT2D eigenvalue weighted by Crippen LogP contribution is 2.52. The number of para-hydroxylation sites is 1. The maximum atomic E-state index is 6.46. The molecule has 2 aromatic carbocycles. The first-order chi connectivity index (χ1) is 10.7. The highest BCUT2D eigenvalue weighted by Gasteiger charge is 2.39. The lowest BCUT2D eigenvalue weighted by Crippen LogP contribution is -2.29. The molecule has 0 saturated carbocycles. The number of hydrogen-bond donors (Lipinski definition) is 1. The van der Waals surface area contributed by atoms with Crippen molar-refractivity contribution in [3.05, 3.63) is 74.7 Å². The summed E-state index contributed by atoms with van der Waals surface area (Å²) in [5, 5.41) is 5.57. The standard InChI is InChI=1S/C18H14Cl3N/c19-14-8-3-7-13(16(14)21)17-11-5-1-4-10(11)12-6-2-9-15(20)18(12)22-17/h1-4,6-11,17,22H,5H2/t10-,11-,17-/m1/s1. The monoisotopic (exact) mass is 349 g/mol. The van der Waals surface area contributed by atoms with Gasteiger partial charge in [-0.25, -0.2) is 0 Å². The second-order valence-corrected chi connectivity index (χ2v) is 7.01. The van der Waals surface area contributed by atoms with Crippen LogP contribution < -0.4 is 5.32 Å². The highest BCUT2D eigenvalue weighted by molar-refractivity contribution is 6.42. The molecular weight excluding hydrogens is 337 g/mol. The van der Waals surface area contributed by atoms with Gasteiger partial charge in [-0.2, -0.15) is 0 Å². The van der Waals surface area contributed by atoms with Gasteiger partial charge >= 0.3 is 0 Å². The van der Waals surface area contributed by atoms with Crippen molar-refractivity contribution in [2.24, 2.45) is 5.92 Å². The van der Waals surface area contributed by atoms with Crippen molar-refractivity contribution in [2.45, 2.75) is 18.4 Å². The summed E-state index contributed by atoms with van der Waals surface area (Å²) in [7, 11) is 0. The molecule has 4 rings (SSSR count). The zero-order valence-corrected chi connectivity index (χ0v) is 14.0. The number of fused-ring (bicyclic) bond motifs is 3. The van der Waals surface area contributed by atoms with E-state index < -0.39 is 0 Å². The molecule has 0 bridgehead atoms. The quantitative estimate of drug-likeness (QED) is 0.581. The summed E-state index contributed by atoms with van der Waals surface area (Å²) in [6.07, 6.45) is 5.56. The van der Waals surface area contributed by atoms with Crippen LogP contribution in [0.5, 0.6) is 0 Å². The van der Waals surface area contributed by atoms with E-state index in [-0.39, 0.29) is 6.04 Å². The zero-order chi connectivity index (χ0) is 15.3. The van der Waals surface area contributed by atoms with Gasteiger partial charge in [0.2, 0.25) is 0 Å². The summed E-state index contributed by atoms with van der Waals surface area (Å²) in [4.78, 5) is 0. The smallest absolute Gasteiger partial charge is 0.0645 e. The Morgan fingerprint density at radius 1 is 0.909 bits per heavy atom. The predicted molar refractivity (Wildman–Crippen MR) is 94.3 cm³/mol. The number of rotatable bonds is 1. The Bertz CT molecular complexity index is 769. The molecule has 3 atom stereocenters. The molecule has 22 heavy (non-hydrogen) atoms. The summed E-state index contributed by atoms with van der Waals surface area (Å²) < 4.78 is 0. The SMILES string of the molecule is Clc1cccc([C@@H]2Nc3c(Cl)cccc3[C@@H]3C=CC[C@H]32)c1Cl. The number of halogens is 3. The van der Waals surface area contributed by atoms with Crippen molar-refractivity contribution >= 4 is 40.5 Å². The molecule has 0 amide bonds.